The van der Waals surface area contributed by atoms with Crippen LogP contribution in [0.25, 0.3) is 0 Å². The topological polar surface area (TPSA) is 30.5 Å². The van der Waals surface area contributed by atoms with Crippen LogP contribution in [-0.4, -0.2) is 75.2 Å². The van der Waals surface area contributed by atoms with Gasteiger partial charge in [0, 0.05) is 0 Å². The highest BCUT2D eigenvalue weighted by atomic mass is 15.1. The van der Waals surface area contributed by atoms with Crippen LogP contribution in [0.3, 0.4) is 0 Å². The van der Waals surface area contributed by atoms with Gasteiger partial charge in [-0.25, -0.2) is 0 Å². The molecule has 0 saturated heterocycles. The van der Waals surface area contributed by atoms with Gasteiger partial charge < -0.3 is 20.4 Å². The van der Waals surface area contributed by atoms with E-state index in [1.165, 1.54) is 84.7 Å². The summed E-state index contributed by atoms with van der Waals surface area (Å²) in [6.07, 6.45) is 3.98. The van der Waals surface area contributed by atoms with E-state index in [-0.39, 0.29) is 0 Å². The Hall–Kier alpha value is -0.160. The Morgan fingerprint density at radius 2 is 1.09 bits per heavy atom. The molecule has 0 heterocycles. The zero-order valence-corrected chi connectivity index (χ0v) is 16.2. The Balaban J connectivity index is 1.86. The third kappa shape index (κ3) is 9.65. The highest BCUT2D eigenvalue weighted by Gasteiger charge is 2.35. The Morgan fingerprint density at radius 3 is 1.43 bits per heavy atom. The molecule has 2 atom stereocenters. The fourth-order valence-electron chi connectivity index (χ4n) is 3.32. The molecule has 1 saturated carbocycles. The maximum Gasteiger partial charge on any atom is -0.000687 e. The third-order valence-electron chi connectivity index (χ3n) is 5.33. The molecule has 4 heteroatoms. The molecule has 0 spiro atoms. The van der Waals surface area contributed by atoms with Crippen molar-refractivity contribution in [3.63, 3.8) is 0 Å². The molecule has 2 N–H and O–H groups in total. The smallest absolute Gasteiger partial charge is 0.000687 e. The van der Waals surface area contributed by atoms with Crippen LogP contribution in [0.4, 0.5) is 0 Å². The number of hydrogen-bond acceptors (Lipinski definition) is 4. The van der Waals surface area contributed by atoms with Crippen LogP contribution < -0.4 is 10.6 Å². The van der Waals surface area contributed by atoms with Crippen LogP contribution in [0.2, 0.25) is 0 Å². The lowest BCUT2D eigenvalue weighted by Crippen LogP contribution is -2.29. The minimum atomic E-state index is 0.929. The Kier molecular flexibility index (Phi) is 12.0. The monoisotopic (exact) mass is 326 g/mol. The number of nitrogens with zero attached hydrogens (tertiary/aromatic N) is 2. The molecule has 4 nitrogen and oxygen atoms in total. The zero-order valence-electron chi connectivity index (χ0n) is 16.2. The van der Waals surface area contributed by atoms with E-state index in [2.05, 4.69) is 48.1 Å². The van der Waals surface area contributed by atoms with E-state index in [9.17, 15) is 0 Å². The molecule has 0 aromatic carbocycles. The molecule has 0 aromatic rings. The molecule has 23 heavy (non-hydrogen) atoms. The van der Waals surface area contributed by atoms with E-state index in [0.29, 0.717) is 0 Å². The van der Waals surface area contributed by atoms with Gasteiger partial charge in [0.2, 0.25) is 0 Å². The van der Waals surface area contributed by atoms with Crippen LogP contribution in [-0.2, 0) is 0 Å². The molecule has 0 radical (unpaired) electrons. The molecular formula is C19H42N4. The van der Waals surface area contributed by atoms with E-state index in [0.717, 1.165) is 11.8 Å². The Labute approximate surface area is 145 Å². The summed E-state index contributed by atoms with van der Waals surface area (Å²) in [5.74, 6) is 1.86. The van der Waals surface area contributed by atoms with Crippen LogP contribution in [0.5, 0.6) is 0 Å². The lowest BCUT2D eigenvalue weighted by atomic mass is 10.3. The predicted molar refractivity (Wildman–Crippen MR) is 102 cm³/mol. The van der Waals surface area contributed by atoms with E-state index >= 15 is 0 Å². The fraction of sp³-hybridized carbons (Fsp3) is 1.00. The van der Waals surface area contributed by atoms with Gasteiger partial charge in [-0.05, 0) is 96.5 Å². The summed E-state index contributed by atoms with van der Waals surface area (Å²) in [7, 11) is 0. The van der Waals surface area contributed by atoms with Gasteiger partial charge in [0.1, 0.15) is 0 Å². The summed E-state index contributed by atoms with van der Waals surface area (Å²) in [4.78, 5) is 5.01. The van der Waals surface area contributed by atoms with E-state index in [1.54, 1.807) is 0 Å². The van der Waals surface area contributed by atoms with Crippen LogP contribution in [0, 0.1) is 11.8 Å². The first-order chi connectivity index (χ1) is 11.2. The molecule has 1 fully saturated rings. The molecule has 0 amide bonds. The van der Waals surface area contributed by atoms with E-state index in [4.69, 9.17) is 0 Å². The van der Waals surface area contributed by atoms with Gasteiger partial charge in [-0.2, -0.15) is 0 Å². The standard InChI is InChI=1S/C19H42N4/c1-5-22(6-2)13-9-11-20-16-18-15-19(18)17-21-12-10-14-23(7-3)8-4/h18-21H,5-17H2,1-4H3/t18-,19+. The van der Waals surface area contributed by atoms with Gasteiger partial charge in [0.05, 0.1) is 0 Å². The lowest BCUT2D eigenvalue weighted by molar-refractivity contribution is 0.297. The summed E-state index contributed by atoms with van der Waals surface area (Å²) in [6, 6.07) is 0. The minimum absolute atomic E-state index is 0.929. The first-order valence-corrected chi connectivity index (χ1v) is 10.1. The van der Waals surface area contributed by atoms with Gasteiger partial charge in [-0.1, -0.05) is 27.7 Å². The summed E-state index contributed by atoms with van der Waals surface area (Å²) in [5.41, 5.74) is 0. The highest BCUT2D eigenvalue weighted by Crippen LogP contribution is 2.36. The van der Waals surface area contributed by atoms with Gasteiger partial charge in [-0.15, -0.1) is 0 Å². The fourth-order valence-corrected chi connectivity index (χ4v) is 3.32. The zero-order chi connectivity index (χ0) is 16.9. The third-order valence-corrected chi connectivity index (χ3v) is 5.33. The van der Waals surface area contributed by atoms with Crippen molar-refractivity contribution in [2.45, 2.75) is 47.0 Å². The van der Waals surface area contributed by atoms with Crippen molar-refractivity contribution in [1.82, 2.24) is 20.4 Å². The Bertz CT molecular complexity index is 238. The molecule has 0 aliphatic heterocycles. The number of hydrogen-bond donors (Lipinski definition) is 2. The van der Waals surface area contributed by atoms with Crippen LogP contribution in [0.15, 0.2) is 0 Å². The largest absolute Gasteiger partial charge is 0.316 e. The summed E-state index contributed by atoms with van der Waals surface area (Å²) < 4.78 is 0. The van der Waals surface area contributed by atoms with E-state index in [1.807, 2.05) is 0 Å². The molecule has 1 aliphatic rings. The van der Waals surface area contributed by atoms with Crippen molar-refractivity contribution in [3.8, 4) is 0 Å². The van der Waals surface area contributed by atoms with Crippen LogP contribution in [0.1, 0.15) is 47.0 Å². The SMILES string of the molecule is CCN(CC)CCCNC[C@@H]1C[C@@H]1CNCCCN(CC)CC. The quantitative estimate of drug-likeness (QED) is 0.426. The maximum absolute atomic E-state index is 3.65. The summed E-state index contributed by atoms with van der Waals surface area (Å²) in [5, 5.41) is 7.30. The van der Waals surface area contributed by atoms with Crippen molar-refractivity contribution in [1.29, 1.82) is 0 Å². The molecule has 138 valence electrons. The average molecular weight is 327 g/mol. The van der Waals surface area contributed by atoms with Crippen molar-refractivity contribution in [2.75, 3.05) is 65.4 Å². The molecule has 0 aromatic heterocycles. The molecular weight excluding hydrogens is 284 g/mol. The van der Waals surface area contributed by atoms with Crippen molar-refractivity contribution in [2.24, 2.45) is 11.8 Å². The molecule has 1 rings (SSSR count). The van der Waals surface area contributed by atoms with Crippen LogP contribution >= 0.6 is 0 Å². The van der Waals surface area contributed by atoms with E-state index < -0.39 is 0 Å². The second-order valence-electron chi connectivity index (χ2n) is 6.92. The van der Waals surface area contributed by atoms with Gasteiger partial charge >= 0.3 is 0 Å². The second-order valence-corrected chi connectivity index (χ2v) is 6.92. The highest BCUT2D eigenvalue weighted by molar-refractivity contribution is 4.89. The molecule has 0 unspecified atom stereocenters. The predicted octanol–water partition coefficient (Wildman–Crippen LogP) is 2.27. The number of rotatable bonds is 16. The van der Waals surface area contributed by atoms with Crippen molar-refractivity contribution < 1.29 is 0 Å². The first-order valence-electron chi connectivity index (χ1n) is 10.1. The maximum atomic E-state index is 3.65. The van der Waals surface area contributed by atoms with Crippen molar-refractivity contribution >= 4 is 0 Å². The number of nitrogens with one attached hydrogen (secondary N) is 2. The first kappa shape index (κ1) is 20.9. The Morgan fingerprint density at radius 1 is 0.696 bits per heavy atom. The average Bonchev–Trinajstić information content (AvgIpc) is 3.32. The summed E-state index contributed by atoms with van der Waals surface area (Å²) >= 11 is 0. The lowest BCUT2D eigenvalue weighted by Gasteiger charge is -2.18. The second kappa shape index (κ2) is 13.2. The summed E-state index contributed by atoms with van der Waals surface area (Å²) in [6.45, 7) is 21.0. The normalized spacial score (nSPS) is 20.6. The van der Waals surface area contributed by atoms with Gasteiger partial charge in [0.25, 0.3) is 0 Å². The molecule has 1 aliphatic carbocycles. The van der Waals surface area contributed by atoms with Gasteiger partial charge in [0.15, 0.2) is 0 Å². The minimum Gasteiger partial charge on any atom is -0.316 e. The molecule has 0 bridgehead atoms. The van der Waals surface area contributed by atoms with Crippen molar-refractivity contribution in [3.05, 3.63) is 0 Å². The van der Waals surface area contributed by atoms with Gasteiger partial charge in [-0.3, -0.25) is 0 Å².